The SMILES string of the molecule is CCCC(=O)OC(=O)/C=C(\C)CCC[C@H](C)CCC[C@H](C)CCCC(C)C. The summed E-state index contributed by atoms with van der Waals surface area (Å²) >= 11 is 0. The molecule has 0 heterocycles. The van der Waals surface area contributed by atoms with Crippen LogP contribution in [0.2, 0.25) is 0 Å². The van der Waals surface area contributed by atoms with Crippen LogP contribution in [0, 0.1) is 17.8 Å². The molecule has 0 rings (SSSR count). The second-order valence-electron chi connectivity index (χ2n) is 8.89. The smallest absolute Gasteiger partial charge is 0.338 e. The van der Waals surface area contributed by atoms with E-state index in [-0.39, 0.29) is 0 Å². The van der Waals surface area contributed by atoms with Crippen LogP contribution in [0.4, 0.5) is 0 Å². The summed E-state index contributed by atoms with van der Waals surface area (Å²) in [5, 5.41) is 0. The van der Waals surface area contributed by atoms with E-state index in [4.69, 9.17) is 4.74 Å². The third kappa shape index (κ3) is 16.8. The lowest BCUT2D eigenvalue weighted by Crippen LogP contribution is -2.09. The fraction of sp³-hybridized carbons (Fsp3) is 0.833. The van der Waals surface area contributed by atoms with Crippen molar-refractivity contribution >= 4 is 11.9 Å². The van der Waals surface area contributed by atoms with Gasteiger partial charge in [-0.05, 0) is 43.9 Å². The maximum Gasteiger partial charge on any atom is 0.338 e. The number of hydrogen-bond donors (Lipinski definition) is 0. The predicted molar refractivity (Wildman–Crippen MR) is 114 cm³/mol. The number of carbonyl (C=O) groups excluding carboxylic acids is 2. The average Bonchev–Trinajstić information content (AvgIpc) is 2.54. The summed E-state index contributed by atoms with van der Waals surface area (Å²) in [6.07, 6.45) is 13.7. The highest BCUT2D eigenvalue weighted by atomic mass is 16.6. The monoisotopic (exact) mass is 380 g/mol. The maximum atomic E-state index is 11.6. The van der Waals surface area contributed by atoms with E-state index in [2.05, 4.69) is 27.7 Å². The van der Waals surface area contributed by atoms with Crippen LogP contribution in [0.5, 0.6) is 0 Å². The molecule has 27 heavy (non-hydrogen) atoms. The maximum absolute atomic E-state index is 11.6. The van der Waals surface area contributed by atoms with E-state index < -0.39 is 11.9 Å². The Morgan fingerprint density at radius 3 is 1.85 bits per heavy atom. The average molecular weight is 381 g/mol. The molecule has 0 aromatic heterocycles. The Kier molecular flexibility index (Phi) is 15.2. The van der Waals surface area contributed by atoms with Gasteiger partial charge >= 0.3 is 11.9 Å². The molecule has 0 unspecified atom stereocenters. The first-order valence-corrected chi connectivity index (χ1v) is 11.2. The van der Waals surface area contributed by atoms with Crippen molar-refractivity contribution in [2.24, 2.45) is 17.8 Å². The molecule has 0 aromatic carbocycles. The Hall–Kier alpha value is -1.12. The number of esters is 2. The number of hydrogen-bond acceptors (Lipinski definition) is 3. The molecule has 0 amide bonds. The summed E-state index contributed by atoms with van der Waals surface area (Å²) in [6, 6.07) is 0. The first-order valence-electron chi connectivity index (χ1n) is 11.2. The van der Waals surface area contributed by atoms with Gasteiger partial charge in [0, 0.05) is 12.5 Å². The lowest BCUT2D eigenvalue weighted by molar-refractivity contribution is -0.156. The van der Waals surface area contributed by atoms with E-state index in [1.807, 2.05) is 13.8 Å². The van der Waals surface area contributed by atoms with Crippen molar-refractivity contribution in [3.63, 3.8) is 0 Å². The number of rotatable bonds is 15. The third-order valence-electron chi connectivity index (χ3n) is 5.17. The number of carbonyl (C=O) groups is 2. The van der Waals surface area contributed by atoms with E-state index in [0.29, 0.717) is 12.8 Å². The zero-order valence-corrected chi connectivity index (χ0v) is 18.8. The molecule has 0 aromatic rings. The molecule has 0 saturated heterocycles. The minimum atomic E-state index is -0.523. The van der Waals surface area contributed by atoms with Gasteiger partial charge in [-0.3, -0.25) is 4.79 Å². The van der Waals surface area contributed by atoms with Crippen LogP contribution in [-0.2, 0) is 14.3 Å². The van der Waals surface area contributed by atoms with Gasteiger partial charge in [0.2, 0.25) is 0 Å². The van der Waals surface area contributed by atoms with Crippen LogP contribution in [-0.4, -0.2) is 11.9 Å². The standard InChI is InChI=1S/C24H44O3/c1-7-11-23(25)27-24(26)18-22(6)17-10-16-21(5)15-9-14-20(4)13-8-12-19(2)3/h18-21H,7-17H2,1-6H3/b22-18+/t20-,21-/m1/s1. The molecule has 158 valence electrons. The minimum absolute atomic E-state index is 0.298. The Labute approximate surface area is 168 Å². The fourth-order valence-electron chi connectivity index (χ4n) is 3.38. The molecular formula is C24H44O3. The molecule has 0 radical (unpaired) electrons. The van der Waals surface area contributed by atoms with Gasteiger partial charge in [-0.15, -0.1) is 0 Å². The molecule has 0 N–H and O–H groups in total. The Morgan fingerprint density at radius 1 is 0.815 bits per heavy atom. The largest absolute Gasteiger partial charge is 0.390 e. The van der Waals surface area contributed by atoms with Crippen molar-refractivity contribution < 1.29 is 14.3 Å². The van der Waals surface area contributed by atoms with E-state index in [1.165, 1.54) is 51.0 Å². The summed E-state index contributed by atoms with van der Waals surface area (Å²) in [4.78, 5) is 22.9. The van der Waals surface area contributed by atoms with Crippen LogP contribution >= 0.6 is 0 Å². The normalized spacial score (nSPS) is 14.3. The fourth-order valence-corrected chi connectivity index (χ4v) is 3.38. The summed E-state index contributed by atoms with van der Waals surface area (Å²) in [5.41, 5.74) is 0.996. The highest BCUT2D eigenvalue weighted by Crippen LogP contribution is 2.22. The van der Waals surface area contributed by atoms with Crippen LogP contribution in [0.1, 0.15) is 112 Å². The van der Waals surface area contributed by atoms with Crippen LogP contribution < -0.4 is 0 Å². The van der Waals surface area contributed by atoms with Gasteiger partial charge in [-0.2, -0.15) is 0 Å². The summed E-state index contributed by atoms with van der Waals surface area (Å²) in [7, 11) is 0. The van der Waals surface area contributed by atoms with Gasteiger partial charge in [-0.25, -0.2) is 4.79 Å². The molecule has 0 aliphatic rings. The molecule has 0 bridgehead atoms. The second-order valence-corrected chi connectivity index (χ2v) is 8.89. The summed E-state index contributed by atoms with van der Waals surface area (Å²) in [5.74, 6) is 1.46. The molecule has 0 aliphatic carbocycles. The Balaban J connectivity index is 3.83. The summed E-state index contributed by atoms with van der Waals surface area (Å²) < 4.78 is 4.75. The van der Waals surface area contributed by atoms with E-state index in [9.17, 15) is 9.59 Å². The van der Waals surface area contributed by atoms with Gasteiger partial charge in [0.1, 0.15) is 0 Å². The van der Waals surface area contributed by atoms with Gasteiger partial charge in [0.25, 0.3) is 0 Å². The van der Waals surface area contributed by atoms with E-state index >= 15 is 0 Å². The second kappa shape index (κ2) is 15.9. The van der Waals surface area contributed by atoms with Crippen molar-refractivity contribution in [1.82, 2.24) is 0 Å². The van der Waals surface area contributed by atoms with Crippen LogP contribution in [0.3, 0.4) is 0 Å². The zero-order valence-electron chi connectivity index (χ0n) is 18.8. The van der Waals surface area contributed by atoms with Crippen molar-refractivity contribution in [3.05, 3.63) is 11.6 Å². The third-order valence-corrected chi connectivity index (χ3v) is 5.17. The molecule has 3 nitrogen and oxygen atoms in total. The minimum Gasteiger partial charge on any atom is -0.390 e. The summed E-state index contributed by atoms with van der Waals surface area (Å²) in [6.45, 7) is 13.2. The molecular weight excluding hydrogens is 336 g/mol. The van der Waals surface area contributed by atoms with Crippen molar-refractivity contribution in [1.29, 1.82) is 0 Å². The molecule has 0 saturated carbocycles. The van der Waals surface area contributed by atoms with Crippen molar-refractivity contribution in [3.8, 4) is 0 Å². The lowest BCUT2D eigenvalue weighted by atomic mass is 9.91. The predicted octanol–water partition coefficient (Wildman–Crippen LogP) is 7.24. The topological polar surface area (TPSA) is 43.4 Å². The van der Waals surface area contributed by atoms with Crippen LogP contribution in [0.25, 0.3) is 0 Å². The van der Waals surface area contributed by atoms with E-state index in [0.717, 1.165) is 36.2 Å². The number of ether oxygens (including phenoxy) is 1. The first-order chi connectivity index (χ1) is 12.7. The lowest BCUT2D eigenvalue weighted by Gasteiger charge is -2.15. The zero-order chi connectivity index (χ0) is 20.7. The van der Waals surface area contributed by atoms with Gasteiger partial charge in [-0.1, -0.05) is 85.1 Å². The van der Waals surface area contributed by atoms with E-state index in [1.54, 1.807) is 0 Å². The van der Waals surface area contributed by atoms with Crippen molar-refractivity contribution in [2.75, 3.05) is 0 Å². The quantitative estimate of drug-likeness (QED) is 0.171. The van der Waals surface area contributed by atoms with Crippen molar-refractivity contribution in [2.45, 2.75) is 112 Å². The molecule has 2 atom stereocenters. The molecule has 0 fully saturated rings. The Bertz CT molecular complexity index is 437. The van der Waals surface area contributed by atoms with Gasteiger partial charge < -0.3 is 4.74 Å². The van der Waals surface area contributed by atoms with Crippen LogP contribution in [0.15, 0.2) is 11.6 Å². The van der Waals surface area contributed by atoms with Gasteiger partial charge in [0.15, 0.2) is 0 Å². The molecule has 3 heteroatoms. The highest BCUT2D eigenvalue weighted by molar-refractivity contribution is 5.92. The van der Waals surface area contributed by atoms with Gasteiger partial charge in [0.05, 0.1) is 0 Å². The number of allylic oxidation sites excluding steroid dienone is 1. The Morgan fingerprint density at radius 2 is 1.33 bits per heavy atom. The highest BCUT2D eigenvalue weighted by Gasteiger charge is 2.09. The molecule has 0 spiro atoms. The molecule has 0 aliphatic heterocycles. The first kappa shape index (κ1) is 25.9.